The van der Waals surface area contributed by atoms with Gasteiger partial charge in [0.15, 0.2) is 0 Å². The highest BCUT2D eigenvalue weighted by Crippen LogP contribution is 2.26. The average molecular weight is 261 g/mol. The number of carbonyl (C=O) groups excluding carboxylic acids is 1. The zero-order valence-electron chi connectivity index (χ0n) is 10.9. The SMILES string of the molecule is CC1NCCN(C(=O)C2CCCCC2)C1C.Cl. The Bertz CT molecular complexity index is 254. The number of nitrogens with one attached hydrogen (secondary N) is 1. The topological polar surface area (TPSA) is 32.3 Å². The fraction of sp³-hybridized carbons (Fsp3) is 0.923. The molecule has 1 saturated heterocycles. The van der Waals surface area contributed by atoms with Crippen LogP contribution in [0, 0.1) is 5.92 Å². The van der Waals surface area contributed by atoms with Gasteiger partial charge >= 0.3 is 0 Å². The van der Waals surface area contributed by atoms with Crippen LogP contribution in [0.1, 0.15) is 46.0 Å². The molecular formula is C13H25ClN2O. The maximum atomic E-state index is 12.4. The maximum absolute atomic E-state index is 12.4. The third kappa shape index (κ3) is 3.35. The van der Waals surface area contributed by atoms with Crippen molar-refractivity contribution >= 4 is 18.3 Å². The second kappa shape index (κ2) is 6.60. The van der Waals surface area contributed by atoms with E-state index in [0.717, 1.165) is 25.9 Å². The van der Waals surface area contributed by atoms with Crippen molar-refractivity contribution in [3.05, 3.63) is 0 Å². The highest BCUT2D eigenvalue weighted by Gasteiger charge is 2.32. The van der Waals surface area contributed by atoms with Gasteiger partial charge in [-0.25, -0.2) is 0 Å². The summed E-state index contributed by atoms with van der Waals surface area (Å²) in [5.74, 6) is 0.738. The summed E-state index contributed by atoms with van der Waals surface area (Å²) in [6, 6.07) is 0.782. The molecule has 2 fully saturated rings. The van der Waals surface area contributed by atoms with Gasteiger partial charge in [0.1, 0.15) is 0 Å². The smallest absolute Gasteiger partial charge is 0.226 e. The molecular weight excluding hydrogens is 236 g/mol. The molecule has 1 N–H and O–H groups in total. The van der Waals surface area contributed by atoms with Crippen LogP contribution in [0.3, 0.4) is 0 Å². The second-order valence-corrected chi connectivity index (χ2v) is 5.35. The molecule has 0 aromatic carbocycles. The van der Waals surface area contributed by atoms with E-state index in [9.17, 15) is 4.79 Å². The highest BCUT2D eigenvalue weighted by atomic mass is 35.5. The normalized spacial score (nSPS) is 30.8. The molecule has 1 heterocycles. The van der Waals surface area contributed by atoms with Crippen LogP contribution in [0.4, 0.5) is 0 Å². The van der Waals surface area contributed by atoms with E-state index in [1.807, 2.05) is 0 Å². The van der Waals surface area contributed by atoms with Gasteiger partial charge in [-0.05, 0) is 26.7 Å². The Morgan fingerprint density at radius 2 is 1.82 bits per heavy atom. The van der Waals surface area contributed by atoms with E-state index in [-0.39, 0.29) is 12.4 Å². The lowest BCUT2D eigenvalue weighted by atomic mass is 9.87. The lowest BCUT2D eigenvalue weighted by Gasteiger charge is -2.40. The van der Waals surface area contributed by atoms with Crippen molar-refractivity contribution in [3.63, 3.8) is 0 Å². The molecule has 1 aliphatic heterocycles. The summed E-state index contributed by atoms with van der Waals surface area (Å²) in [4.78, 5) is 14.5. The van der Waals surface area contributed by atoms with Crippen LogP contribution in [-0.4, -0.2) is 36.0 Å². The van der Waals surface area contributed by atoms with E-state index in [4.69, 9.17) is 0 Å². The van der Waals surface area contributed by atoms with Gasteiger partial charge in [-0.1, -0.05) is 19.3 Å². The van der Waals surface area contributed by atoms with Gasteiger partial charge in [-0.15, -0.1) is 12.4 Å². The zero-order valence-corrected chi connectivity index (χ0v) is 11.8. The van der Waals surface area contributed by atoms with E-state index in [2.05, 4.69) is 24.1 Å². The Kier molecular flexibility index (Phi) is 5.74. The first-order valence-corrected chi connectivity index (χ1v) is 6.74. The monoisotopic (exact) mass is 260 g/mol. The molecule has 1 amide bonds. The summed E-state index contributed by atoms with van der Waals surface area (Å²) in [5, 5.41) is 3.43. The standard InChI is InChI=1S/C13H24N2O.ClH/c1-10-11(2)15(9-8-14-10)13(16)12-6-4-3-5-7-12;/h10-12,14H,3-9H2,1-2H3;1H. The zero-order chi connectivity index (χ0) is 11.5. The molecule has 4 heteroatoms. The minimum atomic E-state index is 0. The number of halogens is 1. The quantitative estimate of drug-likeness (QED) is 0.784. The van der Waals surface area contributed by atoms with Crippen molar-refractivity contribution in [3.8, 4) is 0 Å². The number of hydrogen-bond donors (Lipinski definition) is 1. The number of rotatable bonds is 1. The fourth-order valence-electron chi connectivity index (χ4n) is 2.95. The molecule has 3 nitrogen and oxygen atoms in total. The Morgan fingerprint density at radius 3 is 2.47 bits per heavy atom. The van der Waals surface area contributed by atoms with Gasteiger partial charge in [0, 0.05) is 31.1 Å². The van der Waals surface area contributed by atoms with E-state index in [1.54, 1.807) is 0 Å². The molecule has 2 unspecified atom stereocenters. The van der Waals surface area contributed by atoms with Crippen LogP contribution in [0.25, 0.3) is 0 Å². The van der Waals surface area contributed by atoms with Crippen LogP contribution >= 0.6 is 12.4 Å². The molecule has 100 valence electrons. The van der Waals surface area contributed by atoms with Crippen LogP contribution in [-0.2, 0) is 4.79 Å². The van der Waals surface area contributed by atoms with Crippen molar-refractivity contribution < 1.29 is 4.79 Å². The van der Waals surface area contributed by atoms with Crippen molar-refractivity contribution in [2.45, 2.75) is 58.0 Å². The largest absolute Gasteiger partial charge is 0.337 e. The van der Waals surface area contributed by atoms with Crippen molar-refractivity contribution in [1.82, 2.24) is 10.2 Å². The van der Waals surface area contributed by atoms with Gasteiger partial charge in [-0.2, -0.15) is 0 Å². The summed E-state index contributed by atoms with van der Waals surface area (Å²) in [5.41, 5.74) is 0. The first-order valence-electron chi connectivity index (χ1n) is 6.74. The van der Waals surface area contributed by atoms with Gasteiger partial charge in [0.05, 0.1) is 0 Å². The predicted molar refractivity (Wildman–Crippen MR) is 72.5 cm³/mol. The third-order valence-corrected chi connectivity index (χ3v) is 4.27. The van der Waals surface area contributed by atoms with E-state index < -0.39 is 0 Å². The third-order valence-electron chi connectivity index (χ3n) is 4.27. The molecule has 2 aliphatic rings. The fourth-order valence-corrected chi connectivity index (χ4v) is 2.95. The Hall–Kier alpha value is -0.280. The molecule has 0 aromatic heterocycles. The summed E-state index contributed by atoms with van der Waals surface area (Å²) < 4.78 is 0. The Morgan fingerprint density at radius 1 is 1.18 bits per heavy atom. The first kappa shape index (κ1) is 14.8. The number of hydrogen-bond acceptors (Lipinski definition) is 2. The second-order valence-electron chi connectivity index (χ2n) is 5.35. The van der Waals surface area contributed by atoms with Crippen molar-refractivity contribution in [2.24, 2.45) is 5.92 Å². The Labute approximate surface area is 111 Å². The molecule has 1 aliphatic carbocycles. The average Bonchev–Trinajstić information content (AvgIpc) is 2.33. The summed E-state index contributed by atoms with van der Waals surface area (Å²) in [6.07, 6.45) is 6.03. The minimum absolute atomic E-state index is 0. The summed E-state index contributed by atoms with van der Waals surface area (Å²) in [6.45, 7) is 6.17. The molecule has 0 aromatic rings. The van der Waals surface area contributed by atoms with Gasteiger partial charge in [-0.3, -0.25) is 4.79 Å². The van der Waals surface area contributed by atoms with Crippen LogP contribution in [0.2, 0.25) is 0 Å². The Balaban J connectivity index is 0.00000144. The van der Waals surface area contributed by atoms with Crippen LogP contribution in [0.5, 0.6) is 0 Å². The molecule has 17 heavy (non-hydrogen) atoms. The van der Waals surface area contributed by atoms with Crippen molar-refractivity contribution in [1.29, 1.82) is 0 Å². The number of amides is 1. The molecule has 1 saturated carbocycles. The van der Waals surface area contributed by atoms with Crippen molar-refractivity contribution in [2.75, 3.05) is 13.1 Å². The van der Waals surface area contributed by atoms with Crippen LogP contribution in [0.15, 0.2) is 0 Å². The van der Waals surface area contributed by atoms with Crippen LogP contribution < -0.4 is 5.32 Å². The molecule has 0 radical (unpaired) electrons. The van der Waals surface area contributed by atoms with Gasteiger partial charge < -0.3 is 10.2 Å². The number of nitrogens with zero attached hydrogens (tertiary/aromatic N) is 1. The van der Waals surface area contributed by atoms with E-state index >= 15 is 0 Å². The predicted octanol–water partition coefficient (Wildman–Crippen LogP) is 2.20. The van der Waals surface area contributed by atoms with Gasteiger partial charge in [0.25, 0.3) is 0 Å². The number of carbonyl (C=O) groups is 1. The minimum Gasteiger partial charge on any atom is -0.337 e. The lowest BCUT2D eigenvalue weighted by molar-refractivity contribution is -0.140. The summed E-state index contributed by atoms with van der Waals surface area (Å²) in [7, 11) is 0. The summed E-state index contributed by atoms with van der Waals surface area (Å²) >= 11 is 0. The molecule has 2 rings (SSSR count). The first-order chi connectivity index (χ1) is 7.70. The molecule has 0 bridgehead atoms. The van der Waals surface area contributed by atoms with E-state index in [1.165, 1.54) is 19.3 Å². The van der Waals surface area contributed by atoms with E-state index in [0.29, 0.717) is 23.9 Å². The number of piperazine rings is 1. The molecule has 2 atom stereocenters. The molecule has 0 spiro atoms. The lowest BCUT2D eigenvalue weighted by Crippen LogP contribution is -2.58. The highest BCUT2D eigenvalue weighted by molar-refractivity contribution is 5.85. The van der Waals surface area contributed by atoms with Gasteiger partial charge in [0.2, 0.25) is 5.91 Å². The maximum Gasteiger partial charge on any atom is 0.226 e.